The van der Waals surface area contributed by atoms with Crippen molar-refractivity contribution in [3.63, 3.8) is 0 Å². The number of H-pyrrole nitrogens is 2. The topological polar surface area (TPSA) is 146 Å². The minimum absolute atomic E-state index is 0.234. The van der Waals surface area contributed by atoms with Gasteiger partial charge in [-0.1, -0.05) is 0 Å². The molecule has 0 radical (unpaired) electrons. The van der Waals surface area contributed by atoms with Gasteiger partial charge in [-0.05, 0) is 31.8 Å². The van der Waals surface area contributed by atoms with Gasteiger partial charge in [-0.15, -0.1) is 0 Å². The maximum absolute atomic E-state index is 11.4. The van der Waals surface area contributed by atoms with Gasteiger partial charge in [0, 0.05) is 24.5 Å². The van der Waals surface area contributed by atoms with E-state index in [1.54, 1.807) is 16.8 Å². The highest BCUT2D eigenvalue weighted by Gasteiger charge is 2.21. The smallest absolute Gasteiger partial charge is 0.326 e. The largest absolute Gasteiger partial charge is 0.493 e. The van der Waals surface area contributed by atoms with Gasteiger partial charge in [0.1, 0.15) is 5.69 Å². The molecule has 3 aromatic heterocycles. The quantitative estimate of drug-likeness (QED) is 0.453. The molecule has 0 atom stereocenters. The van der Waals surface area contributed by atoms with Crippen molar-refractivity contribution in [1.29, 1.82) is 0 Å². The van der Waals surface area contributed by atoms with Crippen LogP contribution in [0.1, 0.15) is 31.4 Å². The van der Waals surface area contributed by atoms with Crippen LogP contribution in [0.25, 0.3) is 11.7 Å². The van der Waals surface area contributed by atoms with E-state index >= 15 is 0 Å². The average Bonchev–Trinajstić information content (AvgIpc) is 3.32. The highest BCUT2D eigenvalue weighted by Crippen LogP contribution is 2.22. The zero-order chi connectivity index (χ0) is 19.1. The van der Waals surface area contributed by atoms with E-state index in [0.29, 0.717) is 35.6 Å². The number of aromatic amines is 2. The van der Waals surface area contributed by atoms with E-state index in [9.17, 15) is 9.90 Å². The van der Waals surface area contributed by atoms with E-state index < -0.39 is 5.69 Å². The number of aromatic hydroxyl groups is 1. The fraction of sp³-hybridized carbons (Fsp3) is 0.471. The standard InChI is InChI=1S/C17H20N8O3/c26-14-12(21-17(27)23-14)7-9-8-18-25-13(9)22-15(19-11-3-5-28-6-4-11)24-16(25)20-10-1-2-10/h7-8,10-11,26H,1-6H2,(H,19,20,24)(H2,21,23,27). The summed E-state index contributed by atoms with van der Waals surface area (Å²) in [5, 5.41) is 18.2. The summed E-state index contributed by atoms with van der Waals surface area (Å²) < 4.78 is 6.99. The number of aromatic nitrogens is 6. The lowest BCUT2D eigenvalue weighted by Gasteiger charge is -2.22. The van der Waals surface area contributed by atoms with Gasteiger partial charge in [-0.3, -0.25) is 4.98 Å². The van der Waals surface area contributed by atoms with Gasteiger partial charge in [0.2, 0.25) is 11.8 Å². The third kappa shape index (κ3) is 3.36. The fourth-order valence-electron chi connectivity index (χ4n) is 3.17. The summed E-state index contributed by atoms with van der Waals surface area (Å²) >= 11 is 0. The lowest BCUT2D eigenvalue weighted by Crippen LogP contribution is -2.31. The number of anilines is 1. The monoisotopic (exact) mass is 384 g/mol. The summed E-state index contributed by atoms with van der Waals surface area (Å²) in [6.45, 7) is 1.43. The van der Waals surface area contributed by atoms with Crippen LogP contribution < -0.4 is 21.8 Å². The van der Waals surface area contributed by atoms with Gasteiger partial charge < -0.3 is 20.1 Å². The summed E-state index contributed by atoms with van der Waals surface area (Å²) in [6, 6.07) is 0.515. The number of nitrogens with one attached hydrogen (secondary N) is 3. The Morgan fingerprint density at radius 2 is 2.07 bits per heavy atom. The summed E-state index contributed by atoms with van der Waals surface area (Å²) in [5.74, 6) is 0.252. The molecule has 11 nitrogen and oxygen atoms in total. The maximum Gasteiger partial charge on any atom is 0.326 e. The highest BCUT2D eigenvalue weighted by atomic mass is 16.5. The Kier molecular flexibility index (Phi) is 4.08. The molecule has 0 unspecified atom stereocenters. The lowest BCUT2D eigenvalue weighted by molar-refractivity contribution is 0.0903. The second kappa shape index (κ2) is 6.75. The third-order valence-electron chi connectivity index (χ3n) is 4.81. The van der Waals surface area contributed by atoms with Crippen LogP contribution in [0.15, 0.2) is 16.0 Å². The molecule has 11 heteroatoms. The molecule has 0 amide bonds. The van der Waals surface area contributed by atoms with E-state index in [4.69, 9.17) is 4.74 Å². The van der Waals surface area contributed by atoms with Crippen LogP contribution in [-0.4, -0.2) is 60.0 Å². The normalized spacial score (nSPS) is 19.6. The molecule has 1 aliphatic carbocycles. The number of fused-ring (bicyclic) bond motifs is 1. The molecule has 3 aromatic rings. The Morgan fingerprint density at radius 3 is 2.79 bits per heavy atom. The summed E-state index contributed by atoms with van der Waals surface area (Å²) in [7, 11) is 0. The van der Waals surface area contributed by atoms with E-state index in [1.807, 2.05) is 0 Å². The Labute approximate surface area is 158 Å². The molecule has 0 bridgehead atoms. The van der Waals surface area contributed by atoms with Gasteiger partial charge >= 0.3 is 5.69 Å². The molecular weight excluding hydrogens is 364 g/mol. The van der Waals surface area contributed by atoms with Crippen molar-refractivity contribution in [1.82, 2.24) is 29.5 Å². The predicted octanol–water partition coefficient (Wildman–Crippen LogP) is -0.952. The van der Waals surface area contributed by atoms with Crippen LogP contribution >= 0.6 is 0 Å². The zero-order valence-corrected chi connectivity index (χ0v) is 15.1. The molecule has 0 spiro atoms. The van der Waals surface area contributed by atoms with Crippen LogP contribution in [0, 0.1) is 0 Å². The first kappa shape index (κ1) is 16.9. The predicted molar refractivity (Wildman–Crippen MR) is 98.7 cm³/mol. The molecular formula is C17H20N8O3. The summed E-state index contributed by atoms with van der Waals surface area (Å²) in [4.78, 5) is 30.0. The number of hydrogen-bond acceptors (Lipinski definition) is 8. The molecule has 4 heterocycles. The van der Waals surface area contributed by atoms with Crippen molar-refractivity contribution in [3.05, 3.63) is 33.2 Å². The zero-order valence-electron chi connectivity index (χ0n) is 15.1. The Balaban J connectivity index is 1.63. The molecule has 5 rings (SSSR count). The molecule has 1 saturated heterocycles. The SMILES string of the molecule is O=c1[nH]c(O)c(C=c2cnn3c(=NC4CC4)nc(NC4CCOCC4)nc23)[nH]1. The number of ether oxygens (including phenoxy) is 1. The van der Waals surface area contributed by atoms with Crippen LogP contribution in [-0.2, 0) is 4.74 Å². The van der Waals surface area contributed by atoms with Crippen molar-refractivity contribution < 1.29 is 9.84 Å². The van der Waals surface area contributed by atoms with E-state index in [0.717, 1.165) is 25.7 Å². The molecule has 28 heavy (non-hydrogen) atoms. The second-order valence-electron chi connectivity index (χ2n) is 7.06. The molecule has 4 N–H and O–H groups in total. The molecule has 146 valence electrons. The molecule has 1 aliphatic heterocycles. The number of rotatable bonds is 4. The number of hydrogen-bond donors (Lipinski definition) is 4. The fourth-order valence-corrected chi connectivity index (χ4v) is 3.17. The van der Waals surface area contributed by atoms with Crippen molar-refractivity contribution in [2.45, 2.75) is 37.8 Å². The first-order valence-electron chi connectivity index (χ1n) is 9.32. The van der Waals surface area contributed by atoms with Gasteiger partial charge in [-0.2, -0.15) is 19.6 Å². The first-order valence-corrected chi connectivity index (χ1v) is 9.32. The molecule has 2 aliphatic rings. The average molecular weight is 384 g/mol. The Bertz CT molecular complexity index is 1180. The Hall–Kier alpha value is -3.21. The first-order chi connectivity index (χ1) is 13.7. The molecule has 1 saturated carbocycles. The maximum atomic E-state index is 11.4. The van der Waals surface area contributed by atoms with Crippen LogP contribution in [0.4, 0.5) is 5.95 Å². The van der Waals surface area contributed by atoms with Crippen LogP contribution in [0.2, 0.25) is 0 Å². The van der Waals surface area contributed by atoms with Crippen LogP contribution in [0.5, 0.6) is 5.88 Å². The van der Waals surface area contributed by atoms with Gasteiger partial charge in [-0.25, -0.2) is 9.79 Å². The minimum Gasteiger partial charge on any atom is -0.493 e. The molecule has 2 fully saturated rings. The van der Waals surface area contributed by atoms with E-state index in [1.165, 1.54) is 0 Å². The molecule has 0 aromatic carbocycles. The lowest BCUT2D eigenvalue weighted by atomic mass is 10.1. The van der Waals surface area contributed by atoms with Crippen molar-refractivity contribution >= 4 is 17.7 Å². The number of nitrogens with zero attached hydrogens (tertiary/aromatic N) is 5. The van der Waals surface area contributed by atoms with Gasteiger partial charge in [0.25, 0.3) is 5.62 Å². The minimum atomic E-state index is -0.485. The van der Waals surface area contributed by atoms with Gasteiger partial charge in [0.15, 0.2) is 5.65 Å². The number of imidazole rings is 1. The summed E-state index contributed by atoms with van der Waals surface area (Å²) in [6.07, 6.45) is 7.10. The van der Waals surface area contributed by atoms with Gasteiger partial charge in [0.05, 0.1) is 12.2 Å². The van der Waals surface area contributed by atoms with E-state index in [-0.39, 0.29) is 23.7 Å². The highest BCUT2D eigenvalue weighted by molar-refractivity contribution is 5.57. The van der Waals surface area contributed by atoms with Crippen molar-refractivity contribution in [2.75, 3.05) is 18.5 Å². The summed E-state index contributed by atoms with van der Waals surface area (Å²) in [5.41, 5.74) is 0.818. The van der Waals surface area contributed by atoms with E-state index in [2.05, 4.69) is 35.3 Å². The Morgan fingerprint density at radius 1 is 1.25 bits per heavy atom. The third-order valence-corrected chi connectivity index (χ3v) is 4.81. The van der Waals surface area contributed by atoms with Crippen LogP contribution in [0.3, 0.4) is 0 Å². The van der Waals surface area contributed by atoms with Crippen molar-refractivity contribution in [3.8, 4) is 5.88 Å². The van der Waals surface area contributed by atoms with Crippen molar-refractivity contribution in [2.24, 2.45) is 4.99 Å². The second-order valence-corrected chi connectivity index (χ2v) is 7.06.